The number of aryl methyl sites for hydroxylation is 1. The highest BCUT2D eigenvalue weighted by Gasteiger charge is 2.34. The van der Waals surface area contributed by atoms with E-state index in [1.54, 1.807) is 24.3 Å². The van der Waals surface area contributed by atoms with Gasteiger partial charge < -0.3 is 4.90 Å². The maximum atomic E-state index is 13.0. The highest BCUT2D eigenvalue weighted by molar-refractivity contribution is 7.94. The van der Waals surface area contributed by atoms with E-state index in [0.717, 1.165) is 29.2 Å². The van der Waals surface area contributed by atoms with Gasteiger partial charge in [-0.05, 0) is 43.3 Å². The number of hydrogen-bond acceptors (Lipinski definition) is 3. The molecular weight excluding hydrogens is 379 g/mol. The monoisotopic (exact) mass is 395 g/mol. The number of carbonyl (C=O) groups is 1. The lowest BCUT2D eigenvalue weighted by Gasteiger charge is -2.28. The summed E-state index contributed by atoms with van der Waals surface area (Å²) in [6.07, 6.45) is -3.21. The van der Waals surface area contributed by atoms with Crippen LogP contribution in [0.4, 0.5) is 18.9 Å². The average molecular weight is 395 g/mol. The Morgan fingerprint density at radius 1 is 1.11 bits per heavy atom. The number of halogens is 3. The summed E-state index contributed by atoms with van der Waals surface area (Å²) in [4.78, 5) is 14.3. The molecule has 1 heterocycles. The van der Waals surface area contributed by atoms with E-state index in [9.17, 15) is 26.4 Å². The molecule has 3 rings (SSSR count). The quantitative estimate of drug-likeness (QED) is 0.790. The van der Waals surface area contributed by atoms with Gasteiger partial charge in [0.05, 0.1) is 17.4 Å². The summed E-state index contributed by atoms with van der Waals surface area (Å²) in [5, 5.41) is 1.03. The number of nitrogens with zero attached hydrogens (tertiary/aromatic N) is 1. The standard InChI is InChI=1S/C19H16F3NO3S/c1-13-5-7-16(8-6-13)23(17-9-10-27(25,26)12-17)18(24)14-3-2-4-15(11-14)19(20,21)22/h2-11,17H,12H2,1H3/t17-/m0/s1. The SMILES string of the molecule is Cc1ccc(N(C(=O)c2cccc(C(F)(F)F)c2)[C@H]2C=CS(=O)(=O)C2)cc1. The molecule has 0 aliphatic carbocycles. The molecule has 0 saturated carbocycles. The van der Waals surface area contributed by atoms with Crippen molar-refractivity contribution in [3.05, 3.63) is 76.7 Å². The van der Waals surface area contributed by atoms with Crippen LogP contribution in [0.25, 0.3) is 0 Å². The van der Waals surface area contributed by atoms with Gasteiger partial charge in [-0.3, -0.25) is 4.79 Å². The predicted octanol–water partition coefficient (Wildman–Crippen LogP) is 3.97. The second-order valence-electron chi connectivity index (χ2n) is 6.31. The lowest BCUT2D eigenvalue weighted by atomic mass is 10.1. The van der Waals surface area contributed by atoms with Crippen LogP contribution in [-0.2, 0) is 16.0 Å². The summed E-state index contributed by atoms with van der Waals surface area (Å²) in [6.45, 7) is 1.85. The van der Waals surface area contributed by atoms with E-state index < -0.39 is 33.5 Å². The largest absolute Gasteiger partial charge is 0.416 e. The van der Waals surface area contributed by atoms with Gasteiger partial charge in [0.2, 0.25) is 0 Å². The Labute approximate surface area is 154 Å². The van der Waals surface area contributed by atoms with Crippen molar-refractivity contribution in [2.75, 3.05) is 10.7 Å². The second kappa shape index (κ2) is 6.84. The zero-order valence-corrected chi connectivity index (χ0v) is 15.1. The molecule has 0 unspecified atom stereocenters. The number of alkyl halides is 3. The maximum Gasteiger partial charge on any atom is 0.416 e. The molecule has 1 atom stereocenters. The van der Waals surface area contributed by atoms with E-state index in [1.807, 2.05) is 6.92 Å². The molecule has 2 aromatic rings. The van der Waals surface area contributed by atoms with Crippen molar-refractivity contribution < 1.29 is 26.4 Å². The number of anilines is 1. The first-order valence-electron chi connectivity index (χ1n) is 8.05. The topological polar surface area (TPSA) is 54.5 Å². The Balaban J connectivity index is 2.04. The highest BCUT2D eigenvalue weighted by Crippen LogP contribution is 2.31. The fourth-order valence-electron chi connectivity index (χ4n) is 2.85. The number of amides is 1. The highest BCUT2D eigenvalue weighted by atomic mass is 32.2. The van der Waals surface area contributed by atoms with Crippen LogP contribution in [0.15, 0.2) is 60.0 Å². The summed E-state index contributed by atoms with van der Waals surface area (Å²) >= 11 is 0. The lowest BCUT2D eigenvalue weighted by molar-refractivity contribution is -0.137. The smallest absolute Gasteiger partial charge is 0.300 e. The minimum Gasteiger partial charge on any atom is -0.300 e. The molecule has 4 nitrogen and oxygen atoms in total. The number of hydrogen-bond donors (Lipinski definition) is 0. The van der Waals surface area contributed by atoms with Crippen molar-refractivity contribution in [3.63, 3.8) is 0 Å². The molecule has 0 fully saturated rings. The van der Waals surface area contributed by atoms with E-state index in [0.29, 0.717) is 5.69 Å². The number of rotatable bonds is 3. The van der Waals surface area contributed by atoms with Gasteiger partial charge in [-0.1, -0.05) is 23.8 Å². The van der Waals surface area contributed by atoms with Gasteiger partial charge in [-0.2, -0.15) is 13.2 Å². The molecule has 8 heteroatoms. The predicted molar refractivity (Wildman–Crippen MR) is 96.1 cm³/mol. The van der Waals surface area contributed by atoms with Crippen molar-refractivity contribution >= 4 is 21.4 Å². The Kier molecular flexibility index (Phi) is 4.86. The molecule has 27 heavy (non-hydrogen) atoms. The Morgan fingerprint density at radius 3 is 2.33 bits per heavy atom. The van der Waals surface area contributed by atoms with Gasteiger partial charge in [-0.25, -0.2) is 8.42 Å². The van der Waals surface area contributed by atoms with Crippen LogP contribution in [0.5, 0.6) is 0 Å². The van der Waals surface area contributed by atoms with Crippen LogP contribution in [-0.4, -0.2) is 26.1 Å². The third kappa shape index (κ3) is 4.21. The maximum absolute atomic E-state index is 13.0. The summed E-state index contributed by atoms with van der Waals surface area (Å²) in [5.41, 5.74) is 0.240. The van der Waals surface area contributed by atoms with Gasteiger partial charge in [0.25, 0.3) is 5.91 Å². The van der Waals surface area contributed by atoms with Crippen LogP contribution >= 0.6 is 0 Å². The number of sulfone groups is 1. The van der Waals surface area contributed by atoms with E-state index in [2.05, 4.69) is 0 Å². The van der Waals surface area contributed by atoms with Crippen LogP contribution in [0.1, 0.15) is 21.5 Å². The fourth-order valence-corrected chi connectivity index (χ4v) is 4.12. The Morgan fingerprint density at radius 2 is 1.78 bits per heavy atom. The zero-order valence-electron chi connectivity index (χ0n) is 14.3. The fraction of sp³-hybridized carbons (Fsp3) is 0.211. The van der Waals surface area contributed by atoms with E-state index >= 15 is 0 Å². The summed E-state index contributed by atoms with van der Waals surface area (Å²) < 4.78 is 62.6. The molecule has 1 amide bonds. The lowest BCUT2D eigenvalue weighted by Crippen LogP contribution is -2.41. The molecule has 0 bridgehead atoms. The molecular formula is C19H16F3NO3S. The Hall–Kier alpha value is -2.61. The van der Waals surface area contributed by atoms with Gasteiger partial charge in [0.1, 0.15) is 0 Å². The molecule has 0 radical (unpaired) electrons. The molecule has 142 valence electrons. The summed E-state index contributed by atoms with van der Waals surface area (Å²) in [6, 6.07) is 10.1. The first-order valence-corrected chi connectivity index (χ1v) is 9.77. The van der Waals surface area contributed by atoms with Gasteiger partial charge >= 0.3 is 6.18 Å². The van der Waals surface area contributed by atoms with Gasteiger partial charge in [0, 0.05) is 16.7 Å². The van der Waals surface area contributed by atoms with Crippen molar-refractivity contribution in [1.29, 1.82) is 0 Å². The Bertz CT molecular complexity index is 996. The second-order valence-corrected chi connectivity index (χ2v) is 8.25. The van der Waals surface area contributed by atoms with E-state index in [4.69, 9.17) is 0 Å². The van der Waals surface area contributed by atoms with Crippen LogP contribution in [0, 0.1) is 6.92 Å². The van der Waals surface area contributed by atoms with Crippen LogP contribution in [0.2, 0.25) is 0 Å². The third-order valence-corrected chi connectivity index (χ3v) is 5.59. The molecule has 0 saturated heterocycles. The van der Waals surface area contributed by atoms with E-state index in [1.165, 1.54) is 17.0 Å². The molecule has 1 aliphatic heterocycles. The van der Waals surface area contributed by atoms with Crippen molar-refractivity contribution in [2.45, 2.75) is 19.1 Å². The van der Waals surface area contributed by atoms with Crippen LogP contribution in [0.3, 0.4) is 0 Å². The number of carbonyl (C=O) groups excluding carboxylic acids is 1. The van der Waals surface area contributed by atoms with Crippen molar-refractivity contribution in [1.82, 2.24) is 0 Å². The zero-order chi connectivity index (χ0) is 19.8. The molecule has 0 spiro atoms. The first kappa shape index (κ1) is 19.2. The van der Waals surface area contributed by atoms with Gasteiger partial charge in [-0.15, -0.1) is 0 Å². The first-order chi connectivity index (χ1) is 12.6. The molecule has 0 N–H and O–H groups in total. The summed E-state index contributed by atoms with van der Waals surface area (Å²) in [7, 11) is -3.46. The molecule has 2 aromatic carbocycles. The summed E-state index contributed by atoms with van der Waals surface area (Å²) in [5.74, 6) is -1.01. The van der Waals surface area contributed by atoms with Gasteiger partial charge in [0.15, 0.2) is 9.84 Å². The third-order valence-electron chi connectivity index (χ3n) is 4.21. The average Bonchev–Trinajstić information content (AvgIpc) is 2.95. The minimum atomic E-state index is -4.58. The normalized spacial score (nSPS) is 18.4. The number of benzene rings is 2. The molecule has 0 aromatic heterocycles. The van der Waals surface area contributed by atoms with Crippen LogP contribution < -0.4 is 4.90 Å². The minimum absolute atomic E-state index is 0.164. The van der Waals surface area contributed by atoms with E-state index in [-0.39, 0.29) is 11.3 Å². The molecule has 1 aliphatic rings. The van der Waals surface area contributed by atoms with Crippen molar-refractivity contribution in [3.8, 4) is 0 Å². The van der Waals surface area contributed by atoms with Crippen molar-refractivity contribution in [2.24, 2.45) is 0 Å².